The lowest BCUT2D eigenvalue weighted by Gasteiger charge is -2.28. The Balaban J connectivity index is 1.44. The van der Waals surface area contributed by atoms with E-state index in [9.17, 15) is 4.79 Å². The fourth-order valence-electron chi connectivity index (χ4n) is 4.08. The minimum absolute atomic E-state index is 0.0112. The zero-order valence-electron chi connectivity index (χ0n) is 18.5. The zero-order valence-corrected chi connectivity index (χ0v) is 19.3. The molecule has 0 unspecified atom stereocenters. The lowest BCUT2D eigenvalue weighted by atomic mass is 9.98. The maximum Gasteiger partial charge on any atom is 0.251 e. The number of aromatic nitrogens is 4. The lowest BCUT2D eigenvalue weighted by Crippen LogP contribution is -2.32. The Hall–Kier alpha value is -2.59. The summed E-state index contributed by atoms with van der Waals surface area (Å²) in [7, 11) is 2.07. The molecule has 2 aromatic heterocycles. The number of rotatable bonds is 7. The smallest absolute Gasteiger partial charge is 0.251 e. The molecule has 5 rings (SSSR count). The number of fused-ring (bicyclic) bond motifs is 1. The summed E-state index contributed by atoms with van der Waals surface area (Å²) < 4.78 is 7.32. The van der Waals surface area contributed by atoms with Gasteiger partial charge >= 0.3 is 0 Å². The van der Waals surface area contributed by atoms with Gasteiger partial charge in [0.1, 0.15) is 0 Å². The van der Waals surface area contributed by atoms with Gasteiger partial charge in [0, 0.05) is 36.9 Å². The normalized spacial score (nSPS) is 16.9. The van der Waals surface area contributed by atoms with E-state index in [-0.39, 0.29) is 5.91 Å². The van der Waals surface area contributed by atoms with Crippen molar-refractivity contribution in [3.63, 3.8) is 0 Å². The van der Waals surface area contributed by atoms with Crippen LogP contribution >= 0.6 is 11.8 Å². The van der Waals surface area contributed by atoms with Crippen LogP contribution in [0, 0.1) is 5.92 Å². The van der Waals surface area contributed by atoms with Crippen molar-refractivity contribution in [3.8, 4) is 11.1 Å². The third-order valence-corrected chi connectivity index (χ3v) is 6.65. The summed E-state index contributed by atoms with van der Waals surface area (Å²) in [6.45, 7) is 2.56. The number of thioether (sulfide) groups is 1. The van der Waals surface area contributed by atoms with E-state index >= 15 is 0 Å². The van der Waals surface area contributed by atoms with Gasteiger partial charge in [0.25, 0.3) is 5.91 Å². The van der Waals surface area contributed by atoms with Crippen LogP contribution < -0.4 is 10.1 Å². The molecule has 0 bridgehead atoms. The van der Waals surface area contributed by atoms with Gasteiger partial charge in [0.15, 0.2) is 10.8 Å². The molecule has 1 N–H and O–H groups in total. The molecule has 1 saturated carbocycles. The molecule has 1 saturated heterocycles. The number of carbonyl (C=O) groups is 1. The molecule has 1 aliphatic heterocycles. The van der Waals surface area contributed by atoms with Crippen molar-refractivity contribution >= 4 is 37.2 Å². The highest BCUT2D eigenvalue weighted by molar-refractivity contribution is 7.98. The summed E-state index contributed by atoms with van der Waals surface area (Å²) in [6.07, 6.45) is 8.11. The Labute approximate surface area is 192 Å². The molecule has 0 spiro atoms. The average Bonchev–Trinajstić information content (AvgIpc) is 3.54. The Kier molecular flexibility index (Phi) is 6.06. The van der Waals surface area contributed by atoms with Crippen molar-refractivity contribution < 1.29 is 9.53 Å². The van der Waals surface area contributed by atoms with Gasteiger partial charge in [0.2, 0.25) is 13.9 Å². The number of amides is 1. The van der Waals surface area contributed by atoms with Crippen LogP contribution in [0.3, 0.4) is 0 Å². The van der Waals surface area contributed by atoms with E-state index in [0.717, 1.165) is 68.2 Å². The number of nitrogens with one attached hydrogen (secondary N) is 1. The number of hydrogen-bond donors (Lipinski definition) is 1. The first-order valence-corrected chi connectivity index (χ1v) is 12.3. The van der Waals surface area contributed by atoms with E-state index in [2.05, 4.69) is 23.2 Å². The fourth-order valence-corrected chi connectivity index (χ4v) is 4.43. The molecule has 3 heterocycles. The third kappa shape index (κ3) is 4.47. The second-order valence-corrected chi connectivity index (χ2v) is 9.34. The number of hydrogen-bond acceptors (Lipinski definition) is 7. The monoisotopic (exact) mass is 450 g/mol. The maximum absolute atomic E-state index is 12.3. The Morgan fingerprint density at radius 2 is 1.97 bits per heavy atom. The predicted octanol–water partition coefficient (Wildman–Crippen LogP) is 2.19. The maximum atomic E-state index is 12.3. The van der Waals surface area contributed by atoms with Gasteiger partial charge in [0.05, 0.1) is 6.20 Å². The number of benzene rings is 1. The van der Waals surface area contributed by atoms with Gasteiger partial charge < -0.3 is 14.9 Å². The van der Waals surface area contributed by atoms with Crippen LogP contribution in [-0.4, -0.2) is 65.5 Å². The Morgan fingerprint density at radius 1 is 1.22 bits per heavy atom. The van der Waals surface area contributed by atoms with Crippen LogP contribution in [0.2, 0.25) is 0 Å². The van der Waals surface area contributed by atoms with Gasteiger partial charge in [-0.05, 0) is 55.6 Å². The molecular formula is C22H27BN6O2S. The second-order valence-electron chi connectivity index (χ2n) is 8.57. The minimum Gasteiger partial charge on any atom is -0.391 e. The van der Waals surface area contributed by atoms with Crippen LogP contribution in [0.1, 0.15) is 36.0 Å². The number of carbonyl (C=O) groups excluding carboxylic acids is 1. The summed E-state index contributed by atoms with van der Waals surface area (Å²) in [5.74, 6) is 1.36. The minimum atomic E-state index is -0.0112. The fraction of sp³-hybridized carbons (Fsp3) is 0.455. The topological polar surface area (TPSA) is 84.6 Å². The quantitative estimate of drug-likeness (QED) is 0.436. The summed E-state index contributed by atoms with van der Waals surface area (Å²) >= 11 is 1.52. The highest BCUT2D eigenvalue weighted by Gasteiger charge is 2.24. The standard InChI is InChI=1S/C22H27BN6O2S/c1-32-21-26-19-18(15-2-4-16(5-3-15)20(30)25-17-6-7-17)12-24-29(19)22(27-21)28(23)13-14-8-10-31-11-9-14/h2-5,12,14,17H,6-11,13,23H2,1H3,(H,25,30). The van der Waals surface area contributed by atoms with Crippen LogP contribution in [0.5, 0.6) is 0 Å². The molecule has 1 amide bonds. The van der Waals surface area contributed by atoms with Crippen LogP contribution in [-0.2, 0) is 4.74 Å². The van der Waals surface area contributed by atoms with Crippen molar-refractivity contribution in [2.24, 2.45) is 5.92 Å². The number of nitrogens with zero attached hydrogens (tertiary/aromatic N) is 5. The van der Waals surface area contributed by atoms with E-state index in [1.807, 2.05) is 41.2 Å². The zero-order chi connectivity index (χ0) is 22.1. The first-order valence-electron chi connectivity index (χ1n) is 11.1. The molecule has 10 heteroatoms. The van der Waals surface area contributed by atoms with E-state index < -0.39 is 0 Å². The van der Waals surface area contributed by atoms with Gasteiger partial charge in [-0.25, -0.2) is 4.98 Å². The van der Waals surface area contributed by atoms with E-state index in [1.54, 1.807) is 0 Å². The molecule has 166 valence electrons. The summed E-state index contributed by atoms with van der Waals surface area (Å²) in [6, 6.07) is 8.01. The van der Waals surface area contributed by atoms with Crippen molar-refractivity contribution in [2.75, 3.05) is 30.8 Å². The highest BCUT2D eigenvalue weighted by atomic mass is 32.2. The average molecular weight is 450 g/mol. The first-order chi connectivity index (χ1) is 15.6. The molecule has 1 aromatic carbocycles. The SMILES string of the molecule is BN(CC1CCOCC1)c1nc(SC)nc2c(-c3ccc(C(=O)NC4CC4)cc3)cnn12. The van der Waals surface area contributed by atoms with E-state index in [1.165, 1.54) is 11.8 Å². The third-order valence-electron chi connectivity index (χ3n) is 6.10. The molecule has 3 aromatic rings. The van der Waals surface area contributed by atoms with Crippen molar-refractivity contribution in [1.29, 1.82) is 0 Å². The Morgan fingerprint density at radius 3 is 2.66 bits per heavy atom. The summed E-state index contributed by atoms with van der Waals surface area (Å²) in [5.41, 5.74) is 3.35. The van der Waals surface area contributed by atoms with Crippen molar-refractivity contribution in [2.45, 2.75) is 36.9 Å². The molecule has 1 aliphatic carbocycles. The van der Waals surface area contributed by atoms with Crippen LogP contribution in [0.4, 0.5) is 5.95 Å². The van der Waals surface area contributed by atoms with E-state index in [0.29, 0.717) is 22.7 Å². The molecule has 32 heavy (non-hydrogen) atoms. The summed E-state index contributed by atoms with van der Waals surface area (Å²) in [5, 5.41) is 8.37. The van der Waals surface area contributed by atoms with Crippen molar-refractivity contribution in [3.05, 3.63) is 36.0 Å². The molecule has 0 atom stereocenters. The summed E-state index contributed by atoms with van der Waals surface area (Å²) in [4.78, 5) is 24.0. The van der Waals surface area contributed by atoms with Gasteiger partial charge in [-0.2, -0.15) is 14.6 Å². The van der Waals surface area contributed by atoms with Crippen LogP contribution in [0.15, 0.2) is 35.6 Å². The first kappa shape index (κ1) is 21.3. The van der Waals surface area contributed by atoms with E-state index in [4.69, 9.17) is 14.7 Å². The molecule has 0 radical (unpaired) electrons. The number of anilines is 1. The molecule has 8 nitrogen and oxygen atoms in total. The lowest BCUT2D eigenvalue weighted by molar-refractivity contribution is 0.0690. The van der Waals surface area contributed by atoms with Gasteiger partial charge in [-0.15, -0.1) is 0 Å². The van der Waals surface area contributed by atoms with Crippen molar-refractivity contribution in [1.82, 2.24) is 24.9 Å². The largest absolute Gasteiger partial charge is 0.391 e. The van der Waals surface area contributed by atoms with Crippen LogP contribution in [0.25, 0.3) is 16.8 Å². The Bertz CT molecular complexity index is 1110. The van der Waals surface area contributed by atoms with Gasteiger partial charge in [-0.3, -0.25) is 4.79 Å². The number of ether oxygens (including phenoxy) is 1. The second kappa shape index (κ2) is 9.11. The molecule has 2 aliphatic rings. The molecule has 2 fully saturated rings. The van der Waals surface area contributed by atoms with Gasteiger partial charge in [-0.1, -0.05) is 23.9 Å². The molecular weight excluding hydrogens is 423 g/mol. The predicted molar refractivity (Wildman–Crippen MR) is 128 cm³/mol. The highest BCUT2D eigenvalue weighted by Crippen LogP contribution is 2.28.